The monoisotopic (exact) mass is 524 g/mol. The second kappa shape index (κ2) is 18.1. The van der Waals surface area contributed by atoms with Crippen molar-refractivity contribution in [3.8, 4) is 5.75 Å². The van der Waals surface area contributed by atoms with Gasteiger partial charge in [-0.25, -0.2) is 4.39 Å². The van der Waals surface area contributed by atoms with Gasteiger partial charge in [0.15, 0.2) is 11.6 Å². The number of anilines is 1. The van der Waals surface area contributed by atoms with Crippen molar-refractivity contribution in [2.75, 3.05) is 45.8 Å². The molecular weight excluding hydrogens is 486 g/mol. The number of amides is 2. The van der Waals surface area contributed by atoms with Crippen LogP contribution < -0.4 is 20.7 Å². The predicted octanol–water partition coefficient (Wildman–Crippen LogP) is 3.55. The molecule has 11 heteroatoms. The number of carbonyl (C=O) groups is 2. The lowest BCUT2D eigenvalue weighted by molar-refractivity contribution is -0.126. The number of carbonyl (C=O) groups excluding carboxylic acids is 2. The highest BCUT2D eigenvalue weighted by molar-refractivity contribution is 5.97. The van der Waals surface area contributed by atoms with Crippen molar-refractivity contribution < 1.29 is 32.6 Å². The highest BCUT2D eigenvalue weighted by Crippen LogP contribution is 2.21. The van der Waals surface area contributed by atoms with E-state index in [0.717, 1.165) is 19.0 Å². The van der Waals surface area contributed by atoms with Gasteiger partial charge in [0, 0.05) is 25.0 Å². The molecule has 1 aromatic heterocycles. The van der Waals surface area contributed by atoms with E-state index in [1.807, 2.05) is 27.8 Å². The van der Waals surface area contributed by atoms with Crippen LogP contribution in [0.3, 0.4) is 0 Å². The first kappa shape index (κ1) is 31.9. The zero-order valence-electron chi connectivity index (χ0n) is 22.1. The summed E-state index contributed by atoms with van der Waals surface area (Å²) in [6.07, 6.45) is 2.74. The fourth-order valence-corrected chi connectivity index (χ4v) is 3.10. The zero-order chi connectivity index (χ0) is 27.6. The molecule has 1 fully saturated rings. The Morgan fingerprint density at radius 1 is 1.14 bits per heavy atom. The van der Waals surface area contributed by atoms with Gasteiger partial charge < -0.3 is 30.2 Å². The van der Waals surface area contributed by atoms with Crippen LogP contribution in [0.2, 0.25) is 0 Å². The summed E-state index contributed by atoms with van der Waals surface area (Å²) < 4.78 is 40.2. The largest absolute Gasteiger partial charge is 0.494 e. The molecule has 37 heavy (non-hydrogen) atoms. The molecular formula is C26H38F2N4O5. The lowest BCUT2D eigenvalue weighted by Gasteiger charge is -2.12. The molecule has 3 N–H and O–H groups in total. The van der Waals surface area contributed by atoms with Gasteiger partial charge in [0.05, 0.1) is 26.4 Å². The first-order valence-corrected chi connectivity index (χ1v) is 12.3. The number of hydrogen-bond acceptors (Lipinski definition) is 7. The summed E-state index contributed by atoms with van der Waals surface area (Å²) in [6, 6.07) is 6.98. The van der Waals surface area contributed by atoms with Crippen LogP contribution in [0.5, 0.6) is 5.75 Å². The van der Waals surface area contributed by atoms with Crippen LogP contribution in [0, 0.1) is 11.6 Å². The Bertz CT molecular complexity index is 964. The summed E-state index contributed by atoms with van der Waals surface area (Å²) in [5.41, 5.74) is 0.771. The Labute approximate surface area is 217 Å². The van der Waals surface area contributed by atoms with Gasteiger partial charge in [-0.1, -0.05) is 19.9 Å². The molecule has 206 valence electrons. The average molecular weight is 525 g/mol. The number of rotatable bonds is 10. The zero-order valence-corrected chi connectivity index (χ0v) is 22.1. The molecule has 1 aromatic carbocycles. The third-order valence-electron chi connectivity index (χ3n) is 4.95. The number of benzene rings is 1. The van der Waals surface area contributed by atoms with Gasteiger partial charge in [0.25, 0.3) is 11.8 Å². The van der Waals surface area contributed by atoms with E-state index >= 15 is 0 Å². The molecule has 0 bridgehead atoms. The predicted molar refractivity (Wildman–Crippen MR) is 138 cm³/mol. The summed E-state index contributed by atoms with van der Waals surface area (Å²) in [4.78, 5) is 28.3. The van der Waals surface area contributed by atoms with Crippen molar-refractivity contribution in [1.82, 2.24) is 15.6 Å². The third-order valence-corrected chi connectivity index (χ3v) is 4.95. The van der Waals surface area contributed by atoms with Crippen molar-refractivity contribution in [2.45, 2.75) is 45.8 Å². The molecule has 9 nitrogen and oxygen atoms in total. The number of aromatic nitrogens is 1. The summed E-state index contributed by atoms with van der Waals surface area (Å²) in [6.45, 7) is 8.13. The number of likely N-dealkylation sites (N-methyl/N-ethyl adjacent to an activating group) is 1. The topological polar surface area (TPSA) is 111 Å². The fraction of sp³-hybridized carbons (Fsp3) is 0.500. The summed E-state index contributed by atoms with van der Waals surface area (Å²) in [5, 5.41) is 8.48. The Balaban J connectivity index is 0.000000475. The van der Waals surface area contributed by atoms with Crippen molar-refractivity contribution >= 4 is 17.5 Å². The van der Waals surface area contributed by atoms with E-state index in [4.69, 9.17) is 9.47 Å². The molecule has 2 unspecified atom stereocenters. The average Bonchev–Trinajstić information content (AvgIpc) is 3.36. The molecule has 2 heterocycles. The van der Waals surface area contributed by atoms with E-state index in [2.05, 4.69) is 25.7 Å². The van der Waals surface area contributed by atoms with Crippen molar-refractivity contribution in [2.24, 2.45) is 0 Å². The second-order valence-corrected chi connectivity index (χ2v) is 7.66. The van der Waals surface area contributed by atoms with Crippen LogP contribution in [0.4, 0.5) is 14.5 Å². The van der Waals surface area contributed by atoms with E-state index in [9.17, 15) is 18.4 Å². The van der Waals surface area contributed by atoms with Crippen LogP contribution in [-0.4, -0.2) is 69.5 Å². The summed E-state index contributed by atoms with van der Waals surface area (Å²) >= 11 is 0. The van der Waals surface area contributed by atoms with E-state index in [0.29, 0.717) is 31.9 Å². The lowest BCUT2D eigenvalue weighted by Crippen LogP contribution is -2.29. The fourth-order valence-electron chi connectivity index (χ4n) is 3.10. The van der Waals surface area contributed by atoms with Crippen molar-refractivity contribution in [1.29, 1.82) is 0 Å². The highest BCUT2D eigenvalue weighted by atomic mass is 19.2. The van der Waals surface area contributed by atoms with Gasteiger partial charge in [0.2, 0.25) is 5.82 Å². The van der Waals surface area contributed by atoms with Gasteiger partial charge in [-0.05, 0) is 51.1 Å². The number of pyridine rings is 1. The van der Waals surface area contributed by atoms with Gasteiger partial charge in [-0.3, -0.25) is 14.6 Å². The van der Waals surface area contributed by atoms with Gasteiger partial charge in [-0.2, -0.15) is 4.39 Å². The normalized spacial score (nSPS) is 16.0. The van der Waals surface area contributed by atoms with Crippen LogP contribution in [0.15, 0.2) is 36.5 Å². The van der Waals surface area contributed by atoms with Crippen molar-refractivity contribution in [3.63, 3.8) is 0 Å². The number of halogens is 2. The van der Waals surface area contributed by atoms with Gasteiger partial charge in [-0.15, -0.1) is 0 Å². The first-order chi connectivity index (χ1) is 17.8. The van der Waals surface area contributed by atoms with E-state index < -0.39 is 17.7 Å². The number of nitrogens with zero attached hydrogens (tertiary/aromatic N) is 1. The molecule has 1 aliphatic rings. The first-order valence-electron chi connectivity index (χ1n) is 12.3. The van der Waals surface area contributed by atoms with Crippen LogP contribution in [-0.2, 0) is 14.3 Å². The summed E-state index contributed by atoms with van der Waals surface area (Å²) in [5.74, 6) is -2.40. The van der Waals surface area contributed by atoms with E-state index in [-0.39, 0.29) is 29.4 Å². The SMILES string of the molecule is CC.CNCCOCCNC(=O)c1cc(NC(=O)C2CCC(C)O2)ccn1.COc1cccc(F)c1F. The number of nitrogens with one attached hydrogen (secondary N) is 3. The summed E-state index contributed by atoms with van der Waals surface area (Å²) in [7, 11) is 3.14. The minimum Gasteiger partial charge on any atom is -0.494 e. The molecule has 0 saturated carbocycles. The quantitative estimate of drug-likeness (QED) is 0.408. The van der Waals surface area contributed by atoms with Crippen molar-refractivity contribution in [3.05, 3.63) is 53.9 Å². The van der Waals surface area contributed by atoms with Crippen LogP contribution in [0.25, 0.3) is 0 Å². The maximum absolute atomic E-state index is 12.5. The molecule has 2 aromatic rings. The van der Waals surface area contributed by atoms with Gasteiger partial charge in [0.1, 0.15) is 11.8 Å². The molecule has 1 aliphatic heterocycles. The Kier molecular flexibility index (Phi) is 15.6. The maximum atomic E-state index is 12.5. The number of ether oxygens (including phenoxy) is 3. The van der Waals surface area contributed by atoms with E-state index in [1.54, 1.807) is 12.1 Å². The van der Waals surface area contributed by atoms with E-state index in [1.165, 1.54) is 25.4 Å². The second-order valence-electron chi connectivity index (χ2n) is 7.66. The highest BCUT2D eigenvalue weighted by Gasteiger charge is 2.28. The number of methoxy groups -OCH3 is 1. The molecule has 0 spiro atoms. The van der Waals surface area contributed by atoms with Gasteiger partial charge >= 0.3 is 0 Å². The minimum atomic E-state index is -0.940. The smallest absolute Gasteiger partial charge is 0.270 e. The Morgan fingerprint density at radius 3 is 2.49 bits per heavy atom. The molecule has 3 rings (SSSR count). The minimum absolute atomic E-state index is 0.0694. The lowest BCUT2D eigenvalue weighted by atomic mass is 10.2. The molecule has 1 saturated heterocycles. The third kappa shape index (κ3) is 11.6. The molecule has 0 radical (unpaired) electrons. The number of hydrogen-bond donors (Lipinski definition) is 3. The molecule has 2 amide bonds. The standard InChI is InChI=1S/C17H26N4O4.C7H6F2O.C2H6/c1-12-3-4-15(25-12)17(23)21-13-5-6-19-14(11-13)16(22)20-8-10-24-9-7-18-2;1-10-6-4-2-3-5(8)7(6)9;1-2/h5-6,11-12,15,18H,3-4,7-10H2,1-2H3,(H,20,22)(H,19,21,23);2-4H,1H3;1-2H3. The maximum Gasteiger partial charge on any atom is 0.270 e. The van der Waals surface area contributed by atoms with Crippen LogP contribution >= 0.6 is 0 Å². The van der Waals surface area contributed by atoms with Crippen LogP contribution in [0.1, 0.15) is 44.1 Å². The molecule has 2 atom stereocenters. The Hall–Kier alpha value is -3.15. The molecule has 0 aliphatic carbocycles. The Morgan fingerprint density at radius 2 is 1.86 bits per heavy atom.